The molecule has 2 heterocycles. The quantitative estimate of drug-likeness (QED) is 0.881. The van der Waals surface area contributed by atoms with Crippen LogP contribution >= 0.6 is 0 Å². The van der Waals surface area contributed by atoms with Crippen molar-refractivity contribution in [2.45, 2.75) is 57.1 Å². The molecule has 6 nitrogen and oxygen atoms in total. The predicted molar refractivity (Wildman–Crippen MR) is 88.4 cm³/mol. The molecule has 3 rings (SSSR count). The number of carbonyl (C=O) groups excluding carboxylic acids is 2. The first-order chi connectivity index (χ1) is 11.7. The Balaban J connectivity index is 1.60. The smallest absolute Gasteiger partial charge is 0.290 e. The van der Waals surface area contributed by atoms with Crippen molar-refractivity contribution < 1.29 is 19.1 Å². The number of furan rings is 1. The molecule has 2 N–H and O–H groups in total. The zero-order chi connectivity index (χ0) is 16.9. The molecular weight excluding hydrogens is 308 g/mol. The minimum Gasteiger partial charge on any atom is -0.459 e. The number of aliphatic hydroxyl groups is 1. The topological polar surface area (TPSA) is 82.8 Å². The van der Waals surface area contributed by atoms with Crippen molar-refractivity contribution in [2.24, 2.45) is 5.92 Å². The van der Waals surface area contributed by atoms with Crippen molar-refractivity contribution in [3.8, 4) is 0 Å². The van der Waals surface area contributed by atoms with E-state index in [1.165, 1.54) is 6.26 Å². The highest BCUT2D eigenvalue weighted by atomic mass is 16.3. The number of hydrogen-bond acceptors (Lipinski definition) is 4. The summed E-state index contributed by atoms with van der Waals surface area (Å²) in [5.41, 5.74) is 0. The van der Waals surface area contributed by atoms with Gasteiger partial charge in [-0.05, 0) is 44.2 Å². The second-order valence-corrected chi connectivity index (χ2v) is 6.84. The Bertz CT molecular complexity index is 557. The maximum atomic E-state index is 12.6. The fraction of sp³-hybridized carbons (Fsp3) is 0.667. The van der Waals surface area contributed by atoms with Crippen LogP contribution < -0.4 is 5.32 Å². The minimum absolute atomic E-state index is 0.118. The van der Waals surface area contributed by atoms with Crippen LogP contribution in [0.1, 0.15) is 55.5 Å². The number of rotatable bonds is 4. The lowest BCUT2D eigenvalue weighted by atomic mass is 9.86. The third-order valence-electron chi connectivity index (χ3n) is 5.21. The number of likely N-dealkylation sites (tertiary alicyclic amines) is 1. The monoisotopic (exact) mass is 334 g/mol. The number of carbonyl (C=O) groups is 2. The minimum atomic E-state index is -0.447. The van der Waals surface area contributed by atoms with Crippen LogP contribution in [0.2, 0.25) is 0 Å². The van der Waals surface area contributed by atoms with Gasteiger partial charge in [0, 0.05) is 19.0 Å². The van der Waals surface area contributed by atoms with Gasteiger partial charge in [-0.1, -0.05) is 12.8 Å². The Morgan fingerprint density at radius 1 is 1.21 bits per heavy atom. The Hall–Kier alpha value is -1.82. The van der Waals surface area contributed by atoms with Crippen LogP contribution in [0.4, 0.5) is 0 Å². The second-order valence-electron chi connectivity index (χ2n) is 6.84. The molecule has 0 radical (unpaired) electrons. The molecule has 3 unspecified atom stereocenters. The molecule has 1 aromatic rings. The van der Waals surface area contributed by atoms with Crippen LogP contribution in [0, 0.1) is 5.92 Å². The standard InChI is InChI=1S/C18H26N2O4/c21-15-8-2-1-6-13(15)12-19-17(22)14-7-3-4-10-20(14)18(23)16-9-5-11-24-16/h5,9,11,13-15,21H,1-4,6-8,10,12H2,(H,19,22). The maximum absolute atomic E-state index is 12.6. The molecule has 2 aliphatic rings. The number of nitrogens with zero attached hydrogens (tertiary/aromatic N) is 1. The van der Waals surface area contributed by atoms with Gasteiger partial charge < -0.3 is 19.7 Å². The van der Waals surface area contributed by atoms with Crippen LogP contribution in [-0.4, -0.2) is 47.1 Å². The Kier molecular flexibility index (Phi) is 5.56. The Morgan fingerprint density at radius 3 is 2.75 bits per heavy atom. The first-order valence-electron chi connectivity index (χ1n) is 8.97. The first-order valence-corrected chi connectivity index (χ1v) is 8.97. The maximum Gasteiger partial charge on any atom is 0.290 e. The van der Waals surface area contributed by atoms with Gasteiger partial charge in [-0.2, -0.15) is 0 Å². The van der Waals surface area contributed by atoms with E-state index in [0.29, 0.717) is 19.5 Å². The van der Waals surface area contributed by atoms with Crippen molar-refractivity contribution in [1.29, 1.82) is 0 Å². The van der Waals surface area contributed by atoms with Gasteiger partial charge in [0.2, 0.25) is 5.91 Å². The van der Waals surface area contributed by atoms with E-state index in [0.717, 1.165) is 38.5 Å². The fourth-order valence-corrected chi connectivity index (χ4v) is 3.76. The molecule has 1 aliphatic heterocycles. The molecule has 24 heavy (non-hydrogen) atoms. The van der Waals surface area contributed by atoms with E-state index in [2.05, 4.69) is 5.32 Å². The highest BCUT2D eigenvalue weighted by molar-refractivity contribution is 5.95. The summed E-state index contributed by atoms with van der Waals surface area (Å²) >= 11 is 0. The van der Waals surface area contributed by atoms with Crippen LogP contribution in [0.5, 0.6) is 0 Å². The first kappa shape index (κ1) is 17.0. The molecule has 3 atom stereocenters. The predicted octanol–water partition coefficient (Wildman–Crippen LogP) is 1.94. The summed E-state index contributed by atoms with van der Waals surface area (Å²) in [5, 5.41) is 13.0. The average molecular weight is 334 g/mol. The van der Waals surface area contributed by atoms with Crippen LogP contribution in [0.3, 0.4) is 0 Å². The van der Waals surface area contributed by atoms with E-state index in [1.807, 2.05) is 0 Å². The van der Waals surface area contributed by atoms with Gasteiger partial charge in [0.05, 0.1) is 12.4 Å². The number of piperidine rings is 1. The zero-order valence-electron chi connectivity index (χ0n) is 13.9. The van der Waals surface area contributed by atoms with Crippen LogP contribution in [0.25, 0.3) is 0 Å². The molecule has 0 bridgehead atoms. The molecule has 1 saturated heterocycles. The third-order valence-corrected chi connectivity index (χ3v) is 5.21. The molecule has 132 valence electrons. The molecule has 6 heteroatoms. The zero-order valence-corrected chi connectivity index (χ0v) is 13.9. The lowest BCUT2D eigenvalue weighted by Gasteiger charge is -2.35. The van der Waals surface area contributed by atoms with E-state index in [1.54, 1.807) is 17.0 Å². The second kappa shape index (κ2) is 7.83. The summed E-state index contributed by atoms with van der Waals surface area (Å²) in [6, 6.07) is 2.86. The summed E-state index contributed by atoms with van der Waals surface area (Å²) in [7, 11) is 0. The summed E-state index contributed by atoms with van der Waals surface area (Å²) in [5.74, 6) is 0.0582. The molecular formula is C18H26N2O4. The summed E-state index contributed by atoms with van der Waals surface area (Å²) in [6.07, 6.45) is 7.57. The fourth-order valence-electron chi connectivity index (χ4n) is 3.76. The molecule has 1 aliphatic carbocycles. The van der Waals surface area contributed by atoms with Crippen molar-refractivity contribution in [2.75, 3.05) is 13.1 Å². The summed E-state index contributed by atoms with van der Waals surface area (Å²) in [6.45, 7) is 1.06. The lowest BCUT2D eigenvalue weighted by Crippen LogP contribution is -2.53. The van der Waals surface area contributed by atoms with Gasteiger partial charge in [0.25, 0.3) is 5.91 Å². The summed E-state index contributed by atoms with van der Waals surface area (Å²) < 4.78 is 5.19. The van der Waals surface area contributed by atoms with Crippen molar-refractivity contribution in [3.63, 3.8) is 0 Å². The van der Waals surface area contributed by atoms with Crippen LogP contribution in [0.15, 0.2) is 22.8 Å². The number of hydrogen-bond donors (Lipinski definition) is 2. The van der Waals surface area contributed by atoms with Gasteiger partial charge in [-0.25, -0.2) is 0 Å². The van der Waals surface area contributed by atoms with E-state index in [9.17, 15) is 14.7 Å². The van der Waals surface area contributed by atoms with Gasteiger partial charge in [0.1, 0.15) is 6.04 Å². The number of nitrogens with one attached hydrogen (secondary N) is 1. The Labute approximate surface area is 142 Å². The van der Waals surface area contributed by atoms with E-state index in [-0.39, 0.29) is 29.6 Å². The molecule has 2 fully saturated rings. The highest BCUT2D eigenvalue weighted by Gasteiger charge is 2.34. The number of amides is 2. The number of aliphatic hydroxyl groups excluding tert-OH is 1. The van der Waals surface area contributed by atoms with Crippen molar-refractivity contribution in [1.82, 2.24) is 10.2 Å². The van der Waals surface area contributed by atoms with Crippen molar-refractivity contribution in [3.05, 3.63) is 24.2 Å². The van der Waals surface area contributed by atoms with E-state index in [4.69, 9.17) is 4.42 Å². The van der Waals surface area contributed by atoms with E-state index >= 15 is 0 Å². The van der Waals surface area contributed by atoms with E-state index < -0.39 is 6.04 Å². The van der Waals surface area contributed by atoms with Gasteiger partial charge in [-0.3, -0.25) is 9.59 Å². The van der Waals surface area contributed by atoms with Gasteiger partial charge in [0.15, 0.2) is 5.76 Å². The SMILES string of the molecule is O=C(NCC1CCCCC1O)C1CCCCN1C(=O)c1ccco1. The molecule has 0 aromatic carbocycles. The van der Waals surface area contributed by atoms with Crippen LogP contribution in [-0.2, 0) is 4.79 Å². The van der Waals surface area contributed by atoms with Crippen molar-refractivity contribution >= 4 is 11.8 Å². The summed E-state index contributed by atoms with van der Waals surface area (Å²) in [4.78, 5) is 26.8. The largest absolute Gasteiger partial charge is 0.459 e. The third kappa shape index (κ3) is 3.80. The van der Waals surface area contributed by atoms with Gasteiger partial charge in [-0.15, -0.1) is 0 Å². The van der Waals surface area contributed by atoms with Gasteiger partial charge >= 0.3 is 0 Å². The molecule has 1 aromatic heterocycles. The normalized spacial score (nSPS) is 27.7. The average Bonchev–Trinajstić information content (AvgIpc) is 3.15. The highest BCUT2D eigenvalue weighted by Crippen LogP contribution is 2.24. The lowest BCUT2D eigenvalue weighted by molar-refractivity contribution is -0.127. The Morgan fingerprint density at radius 2 is 2.00 bits per heavy atom. The molecule has 1 saturated carbocycles. The molecule has 0 spiro atoms. The molecule has 2 amide bonds.